The normalized spacial score (nSPS) is 11.7. The molecule has 2 aromatic carbocycles. The Kier molecular flexibility index (Phi) is 8.79. The highest BCUT2D eigenvalue weighted by Crippen LogP contribution is 2.20. The molecule has 0 N–H and O–H groups in total. The summed E-state index contributed by atoms with van der Waals surface area (Å²) in [5.41, 5.74) is 3.67. The molecular formula is C27H32N2O3. The third-order valence-corrected chi connectivity index (χ3v) is 5.43. The van der Waals surface area contributed by atoms with Crippen molar-refractivity contribution in [3.05, 3.63) is 77.6 Å². The van der Waals surface area contributed by atoms with Gasteiger partial charge in [0.15, 0.2) is 5.82 Å². The summed E-state index contributed by atoms with van der Waals surface area (Å²) < 4.78 is 11.2. The number of esters is 1. The Balaban J connectivity index is 1.51. The van der Waals surface area contributed by atoms with E-state index in [2.05, 4.69) is 30.7 Å². The molecule has 0 radical (unpaired) electrons. The van der Waals surface area contributed by atoms with Crippen molar-refractivity contribution in [2.45, 2.75) is 53.1 Å². The lowest BCUT2D eigenvalue weighted by Crippen LogP contribution is -2.11. The zero-order chi connectivity index (χ0) is 22.8. The number of ether oxygens (including phenoxy) is 2. The van der Waals surface area contributed by atoms with Gasteiger partial charge in [-0.2, -0.15) is 0 Å². The molecule has 0 amide bonds. The highest BCUT2D eigenvalue weighted by molar-refractivity contribution is 5.89. The Hall–Kier alpha value is -3.21. The van der Waals surface area contributed by atoms with Crippen molar-refractivity contribution < 1.29 is 14.3 Å². The van der Waals surface area contributed by atoms with Crippen LogP contribution in [0.5, 0.6) is 5.75 Å². The van der Waals surface area contributed by atoms with E-state index < -0.39 is 0 Å². The van der Waals surface area contributed by atoms with Crippen molar-refractivity contribution in [3.8, 4) is 17.1 Å². The molecule has 1 aromatic heterocycles. The standard InChI is InChI=1S/C27H32N2O3/c1-4-6-7-22-16-28-26(29-17-22)23-12-14-25(15-13-23)31-19-21-8-10-24(11-9-21)27(30)32-18-20(3)5-2/h8-17,20H,4-7,18-19H2,1-3H3. The lowest BCUT2D eigenvalue weighted by atomic mass is 10.1. The van der Waals surface area contributed by atoms with Crippen LogP contribution in [0.15, 0.2) is 60.9 Å². The van der Waals surface area contributed by atoms with Crippen LogP contribution in [0.3, 0.4) is 0 Å². The Morgan fingerprint density at radius 1 is 0.938 bits per heavy atom. The van der Waals surface area contributed by atoms with Gasteiger partial charge in [0.05, 0.1) is 12.2 Å². The summed E-state index contributed by atoms with van der Waals surface area (Å²) in [4.78, 5) is 21.1. The number of carbonyl (C=O) groups excluding carboxylic acids is 1. The molecule has 0 aliphatic heterocycles. The lowest BCUT2D eigenvalue weighted by Gasteiger charge is -2.10. The van der Waals surface area contributed by atoms with Crippen molar-refractivity contribution in [2.24, 2.45) is 5.92 Å². The summed E-state index contributed by atoms with van der Waals surface area (Å²) in [7, 11) is 0. The number of hydrogen-bond donors (Lipinski definition) is 0. The topological polar surface area (TPSA) is 61.3 Å². The fraction of sp³-hybridized carbons (Fsp3) is 0.370. The summed E-state index contributed by atoms with van der Waals surface area (Å²) in [5.74, 6) is 1.57. The second-order valence-corrected chi connectivity index (χ2v) is 8.14. The van der Waals surface area contributed by atoms with E-state index in [1.165, 1.54) is 5.56 Å². The van der Waals surface area contributed by atoms with Crippen molar-refractivity contribution in [1.82, 2.24) is 9.97 Å². The van der Waals surface area contributed by atoms with Crippen LogP contribution in [0.4, 0.5) is 0 Å². The van der Waals surface area contributed by atoms with Gasteiger partial charge in [-0.25, -0.2) is 14.8 Å². The third-order valence-electron chi connectivity index (χ3n) is 5.43. The third kappa shape index (κ3) is 6.91. The molecule has 1 atom stereocenters. The minimum absolute atomic E-state index is 0.283. The van der Waals surface area contributed by atoms with Gasteiger partial charge in [-0.15, -0.1) is 0 Å². The maximum Gasteiger partial charge on any atom is 0.338 e. The van der Waals surface area contributed by atoms with Gasteiger partial charge in [0, 0.05) is 18.0 Å². The molecule has 32 heavy (non-hydrogen) atoms. The molecule has 0 aliphatic carbocycles. The molecule has 0 saturated heterocycles. The summed E-state index contributed by atoms with van der Waals surface area (Å²) in [6.45, 7) is 7.20. The molecule has 0 spiro atoms. The predicted octanol–water partition coefficient (Wildman–Crippen LogP) is 6.27. The molecule has 0 bridgehead atoms. The Morgan fingerprint density at radius 3 is 2.25 bits per heavy atom. The average molecular weight is 433 g/mol. The molecule has 1 heterocycles. The van der Waals surface area contributed by atoms with Crippen molar-refractivity contribution >= 4 is 5.97 Å². The first kappa shape index (κ1) is 23.5. The van der Waals surface area contributed by atoms with Crippen molar-refractivity contribution in [2.75, 3.05) is 6.61 Å². The molecule has 168 valence electrons. The largest absolute Gasteiger partial charge is 0.489 e. The van der Waals surface area contributed by atoms with E-state index in [4.69, 9.17) is 9.47 Å². The van der Waals surface area contributed by atoms with Crippen LogP contribution in [0, 0.1) is 5.92 Å². The molecular weight excluding hydrogens is 400 g/mol. The van der Waals surface area contributed by atoms with Gasteiger partial charge in [0.2, 0.25) is 0 Å². The van der Waals surface area contributed by atoms with E-state index in [1.807, 2.05) is 48.8 Å². The molecule has 3 rings (SSSR count). The average Bonchev–Trinajstić information content (AvgIpc) is 2.85. The highest BCUT2D eigenvalue weighted by Gasteiger charge is 2.09. The highest BCUT2D eigenvalue weighted by atomic mass is 16.5. The van der Waals surface area contributed by atoms with Crippen LogP contribution in [-0.2, 0) is 17.8 Å². The van der Waals surface area contributed by atoms with E-state index in [9.17, 15) is 4.79 Å². The summed E-state index contributed by atoms with van der Waals surface area (Å²) >= 11 is 0. The maximum atomic E-state index is 12.1. The van der Waals surface area contributed by atoms with Crippen LogP contribution < -0.4 is 4.74 Å². The maximum absolute atomic E-state index is 12.1. The van der Waals surface area contributed by atoms with Gasteiger partial charge in [-0.1, -0.05) is 45.7 Å². The number of hydrogen-bond acceptors (Lipinski definition) is 5. The van der Waals surface area contributed by atoms with Gasteiger partial charge in [-0.3, -0.25) is 0 Å². The van der Waals surface area contributed by atoms with E-state index in [0.717, 1.165) is 42.6 Å². The number of unbranched alkanes of at least 4 members (excludes halogenated alkanes) is 1. The van der Waals surface area contributed by atoms with Crippen LogP contribution in [0.25, 0.3) is 11.4 Å². The smallest absolute Gasteiger partial charge is 0.338 e. The summed E-state index contributed by atoms with van der Waals surface area (Å²) in [6.07, 6.45) is 8.14. The SMILES string of the molecule is CCCCc1cnc(-c2ccc(OCc3ccc(C(=O)OCC(C)CC)cc3)cc2)nc1. The van der Waals surface area contributed by atoms with Gasteiger partial charge in [0.25, 0.3) is 0 Å². The second kappa shape index (κ2) is 12.0. The van der Waals surface area contributed by atoms with E-state index in [1.54, 1.807) is 12.1 Å². The van der Waals surface area contributed by atoms with E-state index >= 15 is 0 Å². The first-order valence-corrected chi connectivity index (χ1v) is 11.4. The molecule has 0 aliphatic rings. The fourth-order valence-corrected chi connectivity index (χ4v) is 3.04. The van der Waals surface area contributed by atoms with Crippen LogP contribution in [-0.4, -0.2) is 22.5 Å². The van der Waals surface area contributed by atoms with E-state index in [-0.39, 0.29) is 5.97 Å². The minimum Gasteiger partial charge on any atom is -0.489 e. The number of aromatic nitrogens is 2. The second-order valence-electron chi connectivity index (χ2n) is 8.14. The monoisotopic (exact) mass is 432 g/mol. The first-order chi connectivity index (χ1) is 15.6. The molecule has 5 nitrogen and oxygen atoms in total. The van der Waals surface area contributed by atoms with Crippen LogP contribution in [0.1, 0.15) is 61.5 Å². The van der Waals surface area contributed by atoms with Gasteiger partial charge >= 0.3 is 5.97 Å². The number of rotatable bonds is 11. The summed E-state index contributed by atoms with van der Waals surface area (Å²) in [5, 5.41) is 0. The Morgan fingerprint density at radius 2 is 1.62 bits per heavy atom. The van der Waals surface area contributed by atoms with Crippen molar-refractivity contribution in [1.29, 1.82) is 0 Å². The van der Waals surface area contributed by atoms with Gasteiger partial charge in [-0.05, 0) is 66.3 Å². The Bertz CT molecular complexity index is 967. The zero-order valence-corrected chi connectivity index (χ0v) is 19.2. The quantitative estimate of drug-likeness (QED) is 0.334. The van der Waals surface area contributed by atoms with Crippen LogP contribution >= 0.6 is 0 Å². The zero-order valence-electron chi connectivity index (χ0n) is 19.2. The molecule has 0 fully saturated rings. The lowest BCUT2D eigenvalue weighted by molar-refractivity contribution is 0.0447. The molecule has 0 saturated carbocycles. The number of aryl methyl sites for hydroxylation is 1. The molecule has 3 aromatic rings. The van der Waals surface area contributed by atoms with Crippen molar-refractivity contribution in [3.63, 3.8) is 0 Å². The predicted molar refractivity (Wildman–Crippen MR) is 127 cm³/mol. The Labute approximate surface area is 190 Å². The molecule has 5 heteroatoms. The van der Waals surface area contributed by atoms with Gasteiger partial charge < -0.3 is 9.47 Å². The summed E-state index contributed by atoms with van der Waals surface area (Å²) in [6, 6.07) is 15.1. The fourth-order valence-electron chi connectivity index (χ4n) is 3.04. The van der Waals surface area contributed by atoms with Crippen LogP contribution in [0.2, 0.25) is 0 Å². The van der Waals surface area contributed by atoms with Gasteiger partial charge in [0.1, 0.15) is 12.4 Å². The number of nitrogens with zero attached hydrogens (tertiary/aromatic N) is 2. The number of benzene rings is 2. The van der Waals surface area contributed by atoms with E-state index in [0.29, 0.717) is 30.5 Å². The molecule has 1 unspecified atom stereocenters. The number of carbonyl (C=O) groups is 1. The first-order valence-electron chi connectivity index (χ1n) is 11.4. The minimum atomic E-state index is -0.283.